The van der Waals surface area contributed by atoms with Crippen molar-refractivity contribution in [1.82, 2.24) is 5.32 Å². The quantitative estimate of drug-likeness (QED) is 0.858. The second kappa shape index (κ2) is 4.97. The van der Waals surface area contributed by atoms with E-state index in [9.17, 15) is 22.0 Å². The normalized spacial score (nSPS) is 11.3. The zero-order chi connectivity index (χ0) is 13.2. The van der Waals surface area contributed by atoms with Crippen molar-refractivity contribution in [3.63, 3.8) is 0 Å². The van der Waals surface area contributed by atoms with Crippen LogP contribution in [0.3, 0.4) is 0 Å². The minimum absolute atomic E-state index is 0.221. The Morgan fingerprint density at radius 2 is 1.94 bits per heavy atom. The van der Waals surface area contributed by atoms with Crippen LogP contribution in [-0.4, -0.2) is 20.9 Å². The molecule has 0 saturated carbocycles. The van der Waals surface area contributed by atoms with E-state index in [1.165, 1.54) is 0 Å². The van der Waals surface area contributed by atoms with E-state index in [0.717, 1.165) is 0 Å². The molecule has 0 fully saturated rings. The molecule has 0 unspecified atom stereocenters. The Kier molecular flexibility index (Phi) is 4.05. The number of carbonyl (C=O) groups excluding carboxylic acids is 1. The fraction of sp³-hybridized carbons (Fsp3) is 0.222. The van der Waals surface area contributed by atoms with Gasteiger partial charge in [0.1, 0.15) is 16.5 Å². The number of amides is 1. The number of carbonyl (C=O) groups is 1. The average Bonchev–Trinajstić information content (AvgIpc) is 2.15. The summed E-state index contributed by atoms with van der Waals surface area (Å²) in [6, 6.07) is 0.873. The van der Waals surface area contributed by atoms with E-state index in [2.05, 4.69) is 5.32 Å². The lowest BCUT2D eigenvalue weighted by atomic mass is 10.2. The summed E-state index contributed by atoms with van der Waals surface area (Å²) in [4.78, 5) is 10.4. The van der Waals surface area contributed by atoms with Gasteiger partial charge in [0.15, 0.2) is 0 Å². The van der Waals surface area contributed by atoms with Crippen LogP contribution in [0.15, 0.2) is 17.0 Å². The van der Waals surface area contributed by atoms with Crippen molar-refractivity contribution in [2.75, 3.05) is 6.54 Å². The molecule has 0 aliphatic rings. The molecule has 0 aliphatic carbocycles. The Balaban J connectivity index is 3.39. The van der Waals surface area contributed by atoms with Crippen LogP contribution < -0.4 is 5.32 Å². The summed E-state index contributed by atoms with van der Waals surface area (Å²) in [5.41, 5.74) is -0.576. The van der Waals surface area contributed by atoms with Gasteiger partial charge in [-0.3, -0.25) is 4.79 Å². The number of hydrogen-bond donors (Lipinski definition) is 1. The maximum absolute atomic E-state index is 13.3. The molecule has 0 bridgehead atoms. The molecule has 0 aromatic heterocycles. The highest BCUT2D eigenvalue weighted by Crippen LogP contribution is 2.22. The largest absolute Gasteiger partial charge is 0.352 e. The van der Waals surface area contributed by atoms with E-state index in [-0.39, 0.29) is 6.54 Å². The zero-order valence-electron chi connectivity index (χ0n) is 8.63. The predicted molar refractivity (Wildman–Crippen MR) is 57.4 cm³/mol. The summed E-state index contributed by atoms with van der Waals surface area (Å²) in [7, 11) is 0.577. The molecule has 0 saturated heterocycles. The molecule has 0 spiro atoms. The predicted octanol–water partition coefficient (Wildman–Crippen LogP) is 1.64. The van der Waals surface area contributed by atoms with E-state index in [1.54, 1.807) is 6.92 Å². The highest BCUT2D eigenvalue weighted by Gasteiger charge is 2.22. The third-order valence-electron chi connectivity index (χ3n) is 1.87. The minimum Gasteiger partial charge on any atom is -0.352 e. The van der Waals surface area contributed by atoms with Crippen LogP contribution in [-0.2, 0) is 9.05 Å². The number of nitrogens with one attached hydrogen (secondary N) is 1. The van der Waals surface area contributed by atoms with Gasteiger partial charge in [0.05, 0.1) is 5.56 Å². The number of benzene rings is 1. The van der Waals surface area contributed by atoms with Crippen LogP contribution in [0.1, 0.15) is 17.3 Å². The van der Waals surface area contributed by atoms with E-state index in [1.807, 2.05) is 0 Å². The summed E-state index contributed by atoms with van der Waals surface area (Å²) in [5.74, 6) is -3.34. The van der Waals surface area contributed by atoms with Gasteiger partial charge >= 0.3 is 0 Å². The van der Waals surface area contributed by atoms with Gasteiger partial charge in [0.25, 0.3) is 15.0 Å². The first-order valence-corrected chi connectivity index (χ1v) is 6.80. The lowest BCUT2D eigenvalue weighted by Crippen LogP contribution is -2.24. The van der Waals surface area contributed by atoms with Gasteiger partial charge in [0, 0.05) is 23.3 Å². The van der Waals surface area contributed by atoms with Gasteiger partial charge in [-0.25, -0.2) is 17.2 Å². The highest BCUT2D eigenvalue weighted by molar-refractivity contribution is 8.13. The molecule has 1 aromatic carbocycles. The van der Waals surface area contributed by atoms with Crippen molar-refractivity contribution < 1.29 is 22.0 Å². The molecule has 4 nitrogen and oxygen atoms in total. The maximum atomic E-state index is 13.3. The molecule has 8 heteroatoms. The zero-order valence-corrected chi connectivity index (χ0v) is 10.2. The Hall–Kier alpha value is -1.21. The van der Waals surface area contributed by atoms with Crippen LogP contribution in [0.5, 0.6) is 0 Å². The van der Waals surface area contributed by atoms with E-state index >= 15 is 0 Å². The summed E-state index contributed by atoms with van der Waals surface area (Å²) in [6.07, 6.45) is 0. The standard InChI is InChI=1S/C9H8ClF2NO3S/c1-2-13-9(14)5-3-8(17(10,15)16)7(12)4-6(5)11/h3-4H,2H2,1H3,(H,13,14). The summed E-state index contributed by atoms with van der Waals surface area (Å²) < 4.78 is 48.3. The third kappa shape index (κ3) is 3.13. The fourth-order valence-electron chi connectivity index (χ4n) is 1.15. The molecule has 1 aromatic rings. The van der Waals surface area contributed by atoms with Crippen LogP contribution in [0.2, 0.25) is 0 Å². The molecular weight excluding hydrogens is 276 g/mol. The third-order valence-corrected chi connectivity index (χ3v) is 3.20. The van der Waals surface area contributed by atoms with Crippen molar-refractivity contribution in [3.8, 4) is 0 Å². The van der Waals surface area contributed by atoms with Crippen molar-refractivity contribution in [2.45, 2.75) is 11.8 Å². The summed E-state index contributed by atoms with van der Waals surface area (Å²) in [6.45, 7) is 1.82. The average molecular weight is 284 g/mol. The molecule has 0 radical (unpaired) electrons. The maximum Gasteiger partial charge on any atom is 0.264 e. The highest BCUT2D eigenvalue weighted by atomic mass is 35.7. The summed E-state index contributed by atoms with van der Waals surface area (Å²) >= 11 is 0. The topological polar surface area (TPSA) is 63.2 Å². The van der Waals surface area contributed by atoms with E-state index < -0.39 is 37.1 Å². The first-order chi connectivity index (χ1) is 7.77. The first-order valence-electron chi connectivity index (χ1n) is 4.49. The summed E-state index contributed by atoms with van der Waals surface area (Å²) in [5, 5.41) is 2.26. The Morgan fingerprint density at radius 3 is 2.41 bits per heavy atom. The van der Waals surface area contributed by atoms with Gasteiger partial charge < -0.3 is 5.32 Å². The van der Waals surface area contributed by atoms with E-state index in [0.29, 0.717) is 12.1 Å². The molecule has 0 atom stereocenters. The molecule has 0 heterocycles. The van der Waals surface area contributed by atoms with Crippen molar-refractivity contribution in [1.29, 1.82) is 0 Å². The van der Waals surface area contributed by atoms with Crippen LogP contribution in [0.4, 0.5) is 8.78 Å². The second-order valence-electron chi connectivity index (χ2n) is 3.06. The van der Waals surface area contributed by atoms with Crippen molar-refractivity contribution in [2.24, 2.45) is 0 Å². The molecule has 94 valence electrons. The van der Waals surface area contributed by atoms with Crippen LogP contribution in [0.25, 0.3) is 0 Å². The van der Waals surface area contributed by atoms with Gasteiger partial charge in [-0.05, 0) is 13.0 Å². The molecule has 1 N–H and O–H groups in total. The number of rotatable bonds is 3. The van der Waals surface area contributed by atoms with Gasteiger partial charge in [0.2, 0.25) is 0 Å². The number of hydrogen-bond acceptors (Lipinski definition) is 3. The first kappa shape index (κ1) is 13.9. The van der Waals surface area contributed by atoms with E-state index in [4.69, 9.17) is 10.7 Å². The second-order valence-corrected chi connectivity index (χ2v) is 5.59. The fourth-order valence-corrected chi connectivity index (χ4v) is 2.05. The number of halogens is 3. The smallest absolute Gasteiger partial charge is 0.264 e. The molecule has 17 heavy (non-hydrogen) atoms. The lowest BCUT2D eigenvalue weighted by Gasteiger charge is -2.06. The Morgan fingerprint density at radius 1 is 1.35 bits per heavy atom. The molecule has 1 amide bonds. The van der Waals surface area contributed by atoms with Gasteiger partial charge in [-0.1, -0.05) is 0 Å². The molecule has 1 rings (SSSR count). The van der Waals surface area contributed by atoms with Crippen molar-refractivity contribution >= 4 is 25.6 Å². The molecule has 0 aliphatic heterocycles. The lowest BCUT2D eigenvalue weighted by molar-refractivity contribution is 0.0951. The van der Waals surface area contributed by atoms with Crippen LogP contribution >= 0.6 is 10.7 Å². The Labute approximate surface area is 101 Å². The SMILES string of the molecule is CCNC(=O)c1cc(S(=O)(=O)Cl)c(F)cc1F. The Bertz CT molecular complexity index is 560. The van der Waals surface area contributed by atoms with Crippen molar-refractivity contribution in [3.05, 3.63) is 29.3 Å². The monoisotopic (exact) mass is 283 g/mol. The van der Waals surface area contributed by atoms with Gasteiger partial charge in [-0.15, -0.1) is 0 Å². The molecular formula is C9H8ClF2NO3S. The minimum atomic E-state index is -4.37. The van der Waals surface area contributed by atoms with Crippen LogP contribution in [0, 0.1) is 11.6 Å². The van der Waals surface area contributed by atoms with Gasteiger partial charge in [-0.2, -0.15) is 0 Å².